The molecule has 8 heteroatoms. The number of carbonyl (C=O) groups is 1. The highest BCUT2D eigenvalue weighted by Gasteiger charge is 2.15. The fraction of sp³-hybridized carbons (Fsp3) is 0.286. The van der Waals surface area contributed by atoms with E-state index in [1.165, 1.54) is 18.5 Å². The summed E-state index contributed by atoms with van der Waals surface area (Å²) in [5, 5.41) is 37.1. The van der Waals surface area contributed by atoms with Crippen molar-refractivity contribution in [3.8, 4) is 17.2 Å². The molecule has 1 atom stereocenters. The van der Waals surface area contributed by atoms with Crippen LogP contribution in [-0.2, 0) is 17.6 Å². The van der Waals surface area contributed by atoms with Crippen molar-refractivity contribution in [3.63, 3.8) is 0 Å². The Balaban J connectivity index is 2.34. The number of phenols is 2. The van der Waals surface area contributed by atoms with E-state index in [4.69, 9.17) is 15.9 Å². The third kappa shape index (κ3) is 3.35. The zero-order valence-corrected chi connectivity index (χ0v) is 11.7. The molecule has 118 valence electrons. The van der Waals surface area contributed by atoms with Gasteiger partial charge in [0.15, 0.2) is 11.5 Å². The van der Waals surface area contributed by atoms with Gasteiger partial charge in [-0.05, 0) is 18.1 Å². The molecule has 0 aliphatic heterocycles. The first-order valence-electron chi connectivity index (χ1n) is 6.59. The number of aliphatic hydroxyl groups excluding tert-OH is 1. The quantitative estimate of drug-likeness (QED) is 0.464. The minimum absolute atomic E-state index is 0.0712. The van der Waals surface area contributed by atoms with Crippen LogP contribution in [0.1, 0.15) is 11.3 Å². The summed E-state index contributed by atoms with van der Waals surface area (Å²) in [7, 11) is 0. The molecule has 0 unspecified atom stereocenters. The monoisotopic (exact) mass is 307 g/mol. The van der Waals surface area contributed by atoms with Crippen molar-refractivity contribution >= 4 is 5.97 Å². The van der Waals surface area contributed by atoms with E-state index < -0.39 is 12.0 Å². The number of hydrogen-bond acceptors (Lipinski definition) is 6. The van der Waals surface area contributed by atoms with Gasteiger partial charge >= 0.3 is 5.97 Å². The first-order chi connectivity index (χ1) is 10.4. The summed E-state index contributed by atoms with van der Waals surface area (Å²) in [6.07, 6.45) is 3.40. The molecule has 1 heterocycles. The van der Waals surface area contributed by atoms with E-state index >= 15 is 0 Å². The van der Waals surface area contributed by atoms with Crippen molar-refractivity contribution in [2.75, 3.05) is 6.61 Å². The van der Waals surface area contributed by atoms with Crippen molar-refractivity contribution in [2.24, 2.45) is 5.73 Å². The Bertz CT molecular complexity index is 683. The number of aliphatic carboxylic acids is 1. The number of aromatic hydroxyl groups is 2. The number of imidazole rings is 1. The summed E-state index contributed by atoms with van der Waals surface area (Å²) in [6.45, 7) is -0.122. The van der Waals surface area contributed by atoms with E-state index in [1.807, 2.05) is 0 Å². The van der Waals surface area contributed by atoms with Gasteiger partial charge in [0.1, 0.15) is 6.04 Å². The number of rotatable bonds is 6. The lowest BCUT2D eigenvalue weighted by atomic mass is 10.1. The van der Waals surface area contributed by atoms with E-state index in [-0.39, 0.29) is 30.9 Å². The second-order valence-electron chi connectivity index (χ2n) is 4.86. The number of hydrogen-bond donors (Lipinski definition) is 5. The average Bonchev–Trinajstić information content (AvgIpc) is 2.91. The molecule has 2 rings (SSSR count). The number of carboxylic acid groups (broad SMARTS) is 1. The lowest BCUT2D eigenvalue weighted by Crippen LogP contribution is -2.32. The second kappa shape index (κ2) is 6.46. The lowest BCUT2D eigenvalue weighted by molar-refractivity contribution is -0.138. The maximum atomic E-state index is 10.8. The molecule has 8 nitrogen and oxygen atoms in total. The van der Waals surface area contributed by atoms with Crippen molar-refractivity contribution in [2.45, 2.75) is 18.9 Å². The number of carboxylic acids is 1. The highest BCUT2D eigenvalue weighted by atomic mass is 16.4. The SMILES string of the molecule is N[C@@H](Cc1cn(-c2cc(O)c(O)cc2CCO)cn1)C(=O)O. The van der Waals surface area contributed by atoms with E-state index in [2.05, 4.69) is 4.98 Å². The minimum atomic E-state index is -1.11. The first-order valence-corrected chi connectivity index (χ1v) is 6.59. The van der Waals surface area contributed by atoms with Gasteiger partial charge in [-0.2, -0.15) is 0 Å². The number of benzene rings is 1. The van der Waals surface area contributed by atoms with Gasteiger partial charge in [0.05, 0.1) is 17.7 Å². The van der Waals surface area contributed by atoms with Gasteiger partial charge < -0.3 is 30.7 Å². The Kier molecular flexibility index (Phi) is 4.64. The minimum Gasteiger partial charge on any atom is -0.504 e. The standard InChI is InChI=1S/C14H17N3O5/c15-10(14(21)22)4-9-6-17(7-16-9)11-5-13(20)12(19)3-8(11)1-2-18/h3,5-7,10,18-20H,1-2,4,15H2,(H,21,22)/t10-/m0/s1. The summed E-state index contributed by atoms with van der Waals surface area (Å²) in [6, 6.07) is 1.67. The molecule has 22 heavy (non-hydrogen) atoms. The summed E-state index contributed by atoms with van der Waals surface area (Å²) in [5.41, 5.74) is 7.10. The van der Waals surface area contributed by atoms with Crippen LogP contribution in [0.4, 0.5) is 0 Å². The molecule has 0 saturated heterocycles. The smallest absolute Gasteiger partial charge is 0.320 e. The number of nitrogens with two attached hydrogens (primary N) is 1. The first kappa shape index (κ1) is 15.8. The molecule has 0 radical (unpaired) electrons. The molecule has 0 fully saturated rings. The second-order valence-corrected chi connectivity index (χ2v) is 4.86. The number of nitrogens with zero attached hydrogens (tertiary/aromatic N) is 2. The summed E-state index contributed by atoms with van der Waals surface area (Å²) < 4.78 is 1.58. The highest BCUT2D eigenvalue weighted by molar-refractivity contribution is 5.73. The topological polar surface area (TPSA) is 142 Å². The van der Waals surface area contributed by atoms with Crippen LogP contribution < -0.4 is 5.73 Å². The van der Waals surface area contributed by atoms with E-state index in [0.29, 0.717) is 16.9 Å². The molecule has 1 aromatic heterocycles. The molecular weight excluding hydrogens is 290 g/mol. The maximum absolute atomic E-state index is 10.8. The van der Waals surface area contributed by atoms with Crippen LogP contribution in [0.15, 0.2) is 24.7 Å². The number of aromatic nitrogens is 2. The highest BCUT2D eigenvalue weighted by Crippen LogP contribution is 2.30. The van der Waals surface area contributed by atoms with Gasteiger partial charge in [0.2, 0.25) is 0 Å². The molecule has 0 spiro atoms. The number of phenolic OH excluding ortho intramolecular Hbond substituents is 2. The van der Waals surface area contributed by atoms with Crippen LogP contribution in [0.25, 0.3) is 5.69 Å². The van der Waals surface area contributed by atoms with Crippen LogP contribution in [0.5, 0.6) is 11.5 Å². The zero-order valence-electron chi connectivity index (χ0n) is 11.7. The fourth-order valence-corrected chi connectivity index (χ4v) is 2.08. The van der Waals surface area contributed by atoms with Crippen LogP contribution in [0, 0.1) is 0 Å². The average molecular weight is 307 g/mol. The van der Waals surface area contributed by atoms with Crippen LogP contribution in [-0.4, -0.2) is 48.6 Å². The van der Waals surface area contributed by atoms with Gasteiger partial charge in [-0.3, -0.25) is 4.79 Å². The molecule has 2 aromatic rings. The Hall–Kier alpha value is -2.58. The Morgan fingerprint density at radius 3 is 2.64 bits per heavy atom. The van der Waals surface area contributed by atoms with Crippen LogP contribution in [0.2, 0.25) is 0 Å². The third-order valence-corrected chi connectivity index (χ3v) is 3.22. The summed E-state index contributed by atoms with van der Waals surface area (Å²) in [5.74, 6) is -1.69. The van der Waals surface area contributed by atoms with Crippen molar-refractivity contribution in [3.05, 3.63) is 35.9 Å². The third-order valence-electron chi connectivity index (χ3n) is 3.22. The summed E-state index contributed by atoms with van der Waals surface area (Å²) >= 11 is 0. The van der Waals surface area contributed by atoms with Crippen LogP contribution >= 0.6 is 0 Å². The fourth-order valence-electron chi connectivity index (χ4n) is 2.08. The normalized spacial score (nSPS) is 12.3. The molecule has 0 bridgehead atoms. The molecule has 0 aliphatic rings. The number of aliphatic hydroxyl groups is 1. The Morgan fingerprint density at radius 1 is 1.32 bits per heavy atom. The molecule has 0 aliphatic carbocycles. The predicted molar refractivity (Wildman–Crippen MR) is 77.0 cm³/mol. The predicted octanol–water partition coefficient (Wildman–Crippen LogP) is -0.227. The van der Waals surface area contributed by atoms with E-state index in [9.17, 15) is 15.0 Å². The zero-order chi connectivity index (χ0) is 16.3. The van der Waals surface area contributed by atoms with E-state index in [1.54, 1.807) is 10.8 Å². The molecule has 0 saturated carbocycles. The van der Waals surface area contributed by atoms with Crippen molar-refractivity contribution in [1.29, 1.82) is 0 Å². The molecular formula is C14H17N3O5. The molecule has 6 N–H and O–H groups in total. The molecule has 0 amide bonds. The van der Waals surface area contributed by atoms with Gasteiger partial charge in [0, 0.05) is 25.3 Å². The van der Waals surface area contributed by atoms with Gasteiger partial charge in [-0.15, -0.1) is 0 Å². The largest absolute Gasteiger partial charge is 0.504 e. The van der Waals surface area contributed by atoms with Crippen molar-refractivity contribution < 1.29 is 25.2 Å². The summed E-state index contributed by atoms with van der Waals surface area (Å²) in [4.78, 5) is 14.8. The maximum Gasteiger partial charge on any atom is 0.320 e. The van der Waals surface area contributed by atoms with E-state index in [0.717, 1.165) is 0 Å². The van der Waals surface area contributed by atoms with Gasteiger partial charge in [-0.25, -0.2) is 4.98 Å². The van der Waals surface area contributed by atoms with Gasteiger partial charge in [-0.1, -0.05) is 0 Å². The molecule has 1 aromatic carbocycles. The van der Waals surface area contributed by atoms with Crippen molar-refractivity contribution in [1.82, 2.24) is 9.55 Å². The van der Waals surface area contributed by atoms with Gasteiger partial charge in [0.25, 0.3) is 0 Å². The lowest BCUT2D eigenvalue weighted by Gasteiger charge is -2.11. The van der Waals surface area contributed by atoms with Crippen LogP contribution in [0.3, 0.4) is 0 Å². The Morgan fingerprint density at radius 2 is 2.00 bits per heavy atom. The Labute approximate surface area is 126 Å².